The zero-order valence-corrected chi connectivity index (χ0v) is 17.7. The molecule has 0 saturated heterocycles. The Kier molecular flexibility index (Phi) is 11.4. The fourth-order valence-electron chi connectivity index (χ4n) is 3.13. The first-order valence-corrected chi connectivity index (χ1v) is 10.6. The summed E-state index contributed by atoms with van der Waals surface area (Å²) in [7, 11) is 0. The smallest absolute Gasteiger partial charge is 0.316 e. The van der Waals surface area contributed by atoms with E-state index in [0.717, 1.165) is 38.0 Å². The number of unbranched alkanes of at least 4 members (excludes halogenated alkanes) is 4. The van der Waals surface area contributed by atoms with E-state index in [4.69, 9.17) is 0 Å². The molecule has 172 valence electrons. The molecule has 2 nitrogen and oxygen atoms in total. The summed E-state index contributed by atoms with van der Waals surface area (Å²) < 4.78 is 79.2. The van der Waals surface area contributed by atoms with Crippen molar-refractivity contribution in [3.8, 4) is 0 Å². The molecule has 0 saturated carbocycles. The zero-order chi connectivity index (χ0) is 22.6. The lowest BCUT2D eigenvalue weighted by molar-refractivity contribution is -0.0885. The molecule has 1 heterocycles. The minimum Gasteiger partial charge on any atom is -0.316 e. The average Bonchev–Trinajstić information content (AvgIpc) is 2.67. The first-order chi connectivity index (χ1) is 14.1. The second-order valence-corrected chi connectivity index (χ2v) is 7.61. The first-order valence-electron chi connectivity index (χ1n) is 10.6. The maximum Gasteiger partial charge on any atom is 0.433 e. The first kappa shape index (κ1) is 26.5. The lowest BCUT2D eigenvalue weighted by Crippen LogP contribution is -2.23. The molecule has 0 aromatic heterocycles. The van der Waals surface area contributed by atoms with Crippen LogP contribution in [0.4, 0.5) is 26.3 Å². The van der Waals surface area contributed by atoms with E-state index < -0.39 is 23.6 Å². The van der Waals surface area contributed by atoms with Crippen LogP contribution in [0.3, 0.4) is 0 Å². The van der Waals surface area contributed by atoms with E-state index in [1.807, 2.05) is 0 Å². The van der Waals surface area contributed by atoms with E-state index in [0.29, 0.717) is 31.4 Å². The molecule has 8 heteroatoms. The summed E-state index contributed by atoms with van der Waals surface area (Å²) in [5.41, 5.74) is -1.96. The molecule has 1 unspecified atom stereocenters. The second-order valence-electron chi connectivity index (χ2n) is 7.61. The summed E-state index contributed by atoms with van der Waals surface area (Å²) in [5.74, 6) is -0.194. The molecular weight excluding hydrogens is 406 g/mol. The molecule has 1 aliphatic rings. The number of rotatable bonds is 9. The molecule has 0 fully saturated rings. The number of hydrogen-bond acceptors (Lipinski definition) is 2. The molecule has 0 spiro atoms. The van der Waals surface area contributed by atoms with Gasteiger partial charge in [-0.3, -0.25) is 4.99 Å². The third-order valence-electron chi connectivity index (χ3n) is 5.03. The third kappa shape index (κ3) is 10.5. The fourth-order valence-corrected chi connectivity index (χ4v) is 3.13. The molecule has 0 aliphatic carbocycles. The van der Waals surface area contributed by atoms with E-state index in [2.05, 4.69) is 17.2 Å². The monoisotopic (exact) mass is 438 g/mol. The molecule has 0 radical (unpaired) electrons. The highest BCUT2D eigenvalue weighted by Crippen LogP contribution is 2.30. The van der Waals surface area contributed by atoms with Gasteiger partial charge in [0.15, 0.2) is 0 Å². The van der Waals surface area contributed by atoms with E-state index in [1.54, 1.807) is 6.92 Å². The van der Waals surface area contributed by atoms with Crippen molar-refractivity contribution < 1.29 is 26.3 Å². The van der Waals surface area contributed by atoms with E-state index in [1.165, 1.54) is 18.9 Å². The second kappa shape index (κ2) is 13.0. The van der Waals surface area contributed by atoms with Gasteiger partial charge in [-0.1, -0.05) is 57.3 Å². The Morgan fingerprint density at radius 1 is 1.00 bits per heavy atom. The van der Waals surface area contributed by atoms with Crippen LogP contribution in [0.25, 0.3) is 0 Å². The topological polar surface area (TPSA) is 24.4 Å². The molecule has 0 aromatic rings. The minimum absolute atomic E-state index is 0.194. The third-order valence-corrected chi connectivity index (χ3v) is 5.03. The van der Waals surface area contributed by atoms with Gasteiger partial charge in [0.2, 0.25) is 0 Å². The molecule has 1 atom stereocenters. The Labute approximate surface area is 175 Å². The van der Waals surface area contributed by atoms with Crippen LogP contribution in [0.2, 0.25) is 0 Å². The van der Waals surface area contributed by atoms with Crippen molar-refractivity contribution in [2.45, 2.75) is 77.6 Å². The van der Waals surface area contributed by atoms with E-state index in [-0.39, 0.29) is 12.1 Å². The Morgan fingerprint density at radius 3 is 2.33 bits per heavy atom. The van der Waals surface area contributed by atoms with Gasteiger partial charge in [-0.25, -0.2) is 0 Å². The molecule has 1 aliphatic heterocycles. The number of aliphatic imine (C=N–C) groups is 1. The number of halogens is 6. The van der Waals surface area contributed by atoms with Crippen molar-refractivity contribution in [3.05, 3.63) is 35.6 Å². The van der Waals surface area contributed by atoms with Gasteiger partial charge < -0.3 is 5.32 Å². The minimum atomic E-state index is -4.83. The van der Waals surface area contributed by atoms with Crippen LogP contribution in [0.5, 0.6) is 0 Å². The number of nitrogens with zero attached hydrogens (tertiary/aromatic N) is 1. The van der Waals surface area contributed by atoms with Gasteiger partial charge in [0, 0.05) is 6.20 Å². The Balaban J connectivity index is 2.92. The predicted octanol–water partition coefficient (Wildman–Crippen LogP) is 7.30. The SMILES string of the molecule is CCCCCCCNCC/C1=C/C(C(F)(F)F)=N/C=C(C(F)(F)F)/C=C\CCC1C. The lowest BCUT2D eigenvalue weighted by Gasteiger charge is -2.17. The van der Waals surface area contributed by atoms with Crippen LogP contribution in [0, 0.1) is 5.92 Å². The van der Waals surface area contributed by atoms with Crippen molar-refractivity contribution in [3.63, 3.8) is 0 Å². The lowest BCUT2D eigenvalue weighted by atomic mass is 9.92. The van der Waals surface area contributed by atoms with Gasteiger partial charge in [-0.15, -0.1) is 0 Å². The van der Waals surface area contributed by atoms with Crippen molar-refractivity contribution in [2.75, 3.05) is 13.1 Å². The van der Waals surface area contributed by atoms with Crippen LogP contribution >= 0.6 is 0 Å². The molecule has 0 aromatic carbocycles. The van der Waals surface area contributed by atoms with Crippen molar-refractivity contribution in [2.24, 2.45) is 10.9 Å². The van der Waals surface area contributed by atoms with Gasteiger partial charge in [-0.05, 0) is 50.8 Å². The molecule has 0 amide bonds. The molecule has 0 bridgehead atoms. The summed E-state index contributed by atoms with van der Waals surface area (Å²) in [5, 5.41) is 3.25. The van der Waals surface area contributed by atoms with Gasteiger partial charge >= 0.3 is 12.4 Å². The van der Waals surface area contributed by atoms with E-state index >= 15 is 0 Å². The van der Waals surface area contributed by atoms with Gasteiger partial charge in [0.25, 0.3) is 0 Å². The van der Waals surface area contributed by atoms with Gasteiger partial charge in [0.05, 0.1) is 5.57 Å². The summed E-state index contributed by atoms with van der Waals surface area (Å²) in [4.78, 5) is 3.18. The predicted molar refractivity (Wildman–Crippen MR) is 109 cm³/mol. The highest BCUT2D eigenvalue weighted by atomic mass is 19.4. The highest BCUT2D eigenvalue weighted by Gasteiger charge is 2.36. The van der Waals surface area contributed by atoms with E-state index in [9.17, 15) is 26.3 Å². The summed E-state index contributed by atoms with van der Waals surface area (Å²) in [6.07, 6.45) is 0.607. The number of nitrogens with one attached hydrogen (secondary N) is 1. The molecular formula is C22H32F6N2. The Morgan fingerprint density at radius 2 is 1.70 bits per heavy atom. The summed E-state index contributed by atoms with van der Waals surface area (Å²) in [6.45, 7) is 5.26. The maximum absolute atomic E-state index is 13.4. The van der Waals surface area contributed by atoms with Gasteiger partial charge in [-0.2, -0.15) is 26.3 Å². The highest BCUT2D eigenvalue weighted by molar-refractivity contribution is 6.00. The van der Waals surface area contributed by atoms with Crippen molar-refractivity contribution in [1.29, 1.82) is 0 Å². The summed E-state index contributed by atoms with van der Waals surface area (Å²) in [6, 6.07) is 0. The summed E-state index contributed by atoms with van der Waals surface area (Å²) >= 11 is 0. The fraction of sp³-hybridized carbons (Fsp3) is 0.682. The average molecular weight is 439 g/mol. The Hall–Kier alpha value is -1.57. The standard InChI is InChI=1S/C22H32F6N2/c1-3-4-5-6-9-13-29-14-12-18-15-20(22(26,27)28)30-16-19(21(23,24)25)11-8-7-10-17(18)2/h8,11,15-17,29H,3-7,9-10,12-14H2,1-2H3/b11-8-,18-15-,19-16-,30-20-. The molecule has 30 heavy (non-hydrogen) atoms. The normalized spacial score (nSPS) is 25.3. The maximum atomic E-state index is 13.4. The zero-order valence-electron chi connectivity index (χ0n) is 17.7. The van der Waals surface area contributed by atoms with Crippen molar-refractivity contribution >= 4 is 5.71 Å². The van der Waals surface area contributed by atoms with Crippen LogP contribution in [0.15, 0.2) is 40.6 Å². The largest absolute Gasteiger partial charge is 0.433 e. The van der Waals surface area contributed by atoms with Crippen LogP contribution in [0.1, 0.15) is 65.2 Å². The van der Waals surface area contributed by atoms with Crippen molar-refractivity contribution in [1.82, 2.24) is 5.32 Å². The van der Waals surface area contributed by atoms with Crippen LogP contribution in [-0.4, -0.2) is 31.2 Å². The van der Waals surface area contributed by atoms with Crippen LogP contribution in [-0.2, 0) is 0 Å². The van der Waals surface area contributed by atoms with Gasteiger partial charge in [0.1, 0.15) is 5.71 Å². The number of alkyl halides is 6. The van der Waals surface area contributed by atoms with Crippen LogP contribution < -0.4 is 5.32 Å². The number of allylic oxidation sites excluding steroid dienone is 4. The molecule has 1 rings (SSSR count). The quantitative estimate of drug-likeness (QED) is 0.296. The number of hydrogen-bond donors (Lipinski definition) is 1. The Bertz CT molecular complexity index is 627. The molecule has 1 N–H and O–H groups in total.